The molecule has 0 N–H and O–H groups in total. The van der Waals surface area contributed by atoms with Crippen LogP contribution in [0.1, 0.15) is 24.2 Å². The largest absolute Gasteiger partial charge is 0.345 e. The predicted molar refractivity (Wildman–Crippen MR) is 124 cm³/mol. The number of anilines is 1. The molecule has 9 heteroatoms. The molecule has 0 saturated carbocycles. The maximum atomic E-state index is 12.9. The first-order chi connectivity index (χ1) is 14.9. The minimum atomic E-state index is -3.52. The molecule has 1 amide bonds. The average Bonchev–Trinajstić information content (AvgIpc) is 3.24. The predicted octanol–water partition coefficient (Wildman–Crippen LogP) is 3.29. The molecule has 1 saturated heterocycles. The maximum Gasteiger partial charge on any atom is 0.253 e. The van der Waals surface area contributed by atoms with E-state index in [2.05, 4.69) is 11.0 Å². The second-order valence-electron chi connectivity index (χ2n) is 7.36. The molecule has 164 valence electrons. The monoisotopic (exact) mass is 458 g/mol. The highest BCUT2D eigenvalue weighted by molar-refractivity contribution is 7.89. The van der Waals surface area contributed by atoms with Crippen molar-refractivity contribution in [2.24, 2.45) is 0 Å². The van der Waals surface area contributed by atoms with Gasteiger partial charge < -0.3 is 9.80 Å². The molecule has 0 aliphatic carbocycles. The standard InChI is InChI=1S/C22H26N4O3S2/c1-3-26(4-2)31(28,29)18-11-9-17(10-12-18)21(27)24-13-15-25(16-14-24)22-23-19-7-5-6-8-20(19)30-22/h5-12H,3-4,13-16H2,1-2H3. The van der Waals surface area contributed by atoms with Crippen molar-refractivity contribution >= 4 is 42.6 Å². The van der Waals surface area contributed by atoms with Gasteiger partial charge in [-0.2, -0.15) is 4.31 Å². The molecule has 1 fully saturated rings. The van der Waals surface area contributed by atoms with E-state index in [0.717, 1.165) is 28.4 Å². The highest BCUT2D eigenvalue weighted by Gasteiger charge is 2.25. The van der Waals surface area contributed by atoms with Gasteiger partial charge in [-0.05, 0) is 36.4 Å². The Morgan fingerprint density at radius 3 is 2.26 bits per heavy atom. The Balaban J connectivity index is 1.41. The van der Waals surface area contributed by atoms with Crippen LogP contribution in [0.2, 0.25) is 0 Å². The van der Waals surface area contributed by atoms with E-state index >= 15 is 0 Å². The van der Waals surface area contributed by atoms with E-state index in [4.69, 9.17) is 4.98 Å². The van der Waals surface area contributed by atoms with Crippen molar-refractivity contribution in [3.8, 4) is 0 Å². The van der Waals surface area contributed by atoms with Gasteiger partial charge in [0, 0.05) is 44.8 Å². The summed E-state index contributed by atoms with van der Waals surface area (Å²) in [4.78, 5) is 21.9. The van der Waals surface area contributed by atoms with Crippen molar-refractivity contribution in [3.63, 3.8) is 0 Å². The second kappa shape index (κ2) is 8.94. The summed E-state index contributed by atoms with van der Waals surface area (Å²) >= 11 is 1.67. The molecule has 0 unspecified atom stereocenters. The first-order valence-corrected chi connectivity index (χ1v) is 12.7. The average molecular weight is 459 g/mol. The number of hydrogen-bond acceptors (Lipinski definition) is 6. The summed E-state index contributed by atoms with van der Waals surface area (Å²) < 4.78 is 27.8. The number of benzene rings is 2. The fraction of sp³-hybridized carbons (Fsp3) is 0.364. The van der Waals surface area contributed by atoms with E-state index in [9.17, 15) is 13.2 Å². The number of carbonyl (C=O) groups is 1. The van der Waals surface area contributed by atoms with Crippen molar-refractivity contribution in [2.75, 3.05) is 44.2 Å². The van der Waals surface area contributed by atoms with E-state index in [-0.39, 0.29) is 10.8 Å². The summed E-state index contributed by atoms with van der Waals surface area (Å²) in [5.74, 6) is -0.0734. The lowest BCUT2D eigenvalue weighted by Gasteiger charge is -2.34. The van der Waals surface area contributed by atoms with Gasteiger partial charge in [0.15, 0.2) is 5.13 Å². The van der Waals surface area contributed by atoms with Crippen LogP contribution in [0.3, 0.4) is 0 Å². The Morgan fingerprint density at radius 2 is 1.65 bits per heavy atom. The molecular formula is C22H26N4O3S2. The third kappa shape index (κ3) is 4.30. The number of aromatic nitrogens is 1. The molecule has 2 heterocycles. The zero-order valence-corrected chi connectivity index (χ0v) is 19.3. The van der Waals surface area contributed by atoms with Crippen molar-refractivity contribution in [1.82, 2.24) is 14.2 Å². The van der Waals surface area contributed by atoms with Gasteiger partial charge in [-0.15, -0.1) is 0 Å². The number of nitrogens with zero attached hydrogens (tertiary/aromatic N) is 4. The smallest absolute Gasteiger partial charge is 0.253 e. The van der Waals surface area contributed by atoms with Crippen molar-refractivity contribution in [2.45, 2.75) is 18.7 Å². The minimum absolute atomic E-state index is 0.0734. The quantitative estimate of drug-likeness (QED) is 0.567. The zero-order valence-electron chi connectivity index (χ0n) is 17.7. The number of amides is 1. The number of sulfonamides is 1. The number of fused-ring (bicyclic) bond motifs is 1. The van der Waals surface area contributed by atoms with Crippen LogP contribution >= 0.6 is 11.3 Å². The van der Waals surface area contributed by atoms with Crippen LogP contribution in [0, 0.1) is 0 Å². The molecule has 0 bridgehead atoms. The molecular weight excluding hydrogens is 432 g/mol. The van der Waals surface area contributed by atoms with E-state index in [0.29, 0.717) is 31.7 Å². The third-order valence-electron chi connectivity index (χ3n) is 5.56. The van der Waals surface area contributed by atoms with E-state index in [1.807, 2.05) is 36.9 Å². The number of carbonyl (C=O) groups excluding carboxylic acids is 1. The highest BCUT2D eigenvalue weighted by Crippen LogP contribution is 2.29. The van der Waals surface area contributed by atoms with E-state index < -0.39 is 10.0 Å². The second-order valence-corrected chi connectivity index (χ2v) is 10.3. The first-order valence-electron chi connectivity index (χ1n) is 10.4. The van der Waals surface area contributed by atoms with Gasteiger partial charge in [-0.25, -0.2) is 13.4 Å². The van der Waals surface area contributed by atoms with Gasteiger partial charge in [-0.1, -0.05) is 37.3 Å². The molecule has 2 aromatic carbocycles. The summed E-state index contributed by atoms with van der Waals surface area (Å²) in [6, 6.07) is 14.4. The van der Waals surface area contributed by atoms with Crippen LogP contribution in [0.5, 0.6) is 0 Å². The molecule has 31 heavy (non-hydrogen) atoms. The van der Waals surface area contributed by atoms with Gasteiger partial charge in [0.25, 0.3) is 5.91 Å². The van der Waals surface area contributed by atoms with Crippen molar-refractivity contribution in [3.05, 3.63) is 54.1 Å². The molecule has 1 aliphatic rings. The number of thiazole rings is 1. The Hall–Kier alpha value is -2.49. The summed E-state index contributed by atoms with van der Waals surface area (Å²) in [5, 5.41) is 0.985. The van der Waals surface area contributed by atoms with Crippen LogP contribution in [-0.2, 0) is 10.0 Å². The summed E-state index contributed by atoms with van der Waals surface area (Å²) in [7, 11) is -3.52. The van der Waals surface area contributed by atoms with Gasteiger partial charge in [0.05, 0.1) is 15.1 Å². The van der Waals surface area contributed by atoms with E-state index in [1.165, 1.54) is 16.4 Å². The lowest BCUT2D eigenvalue weighted by Crippen LogP contribution is -2.48. The minimum Gasteiger partial charge on any atom is -0.345 e. The Kier molecular flexibility index (Phi) is 6.27. The summed E-state index contributed by atoms with van der Waals surface area (Å²) in [6.45, 7) is 7.11. The first kappa shape index (κ1) is 21.7. The van der Waals surface area contributed by atoms with Gasteiger partial charge in [-0.3, -0.25) is 4.79 Å². The molecule has 4 rings (SSSR count). The molecule has 1 aromatic heterocycles. The number of hydrogen-bond donors (Lipinski definition) is 0. The van der Waals surface area contributed by atoms with Crippen molar-refractivity contribution in [1.29, 1.82) is 0 Å². The Bertz CT molecular complexity index is 1130. The fourth-order valence-corrected chi connectivity index (χ4v) is 6.24. The van der Waals surface area contributed by atoms with Crippen LogP contribution < -0.4 is 4.90 Å². The lowest BCUT2D eigenvalue weighted by atomic mass is 10.2. The lowest BCUT2D eigenvalue weighted by molar-refractivity contribution is 0.0746. The zero-order chi connectivity index (χ0) is 22.0. The normalized spacial score (nSPS) is 15.1. The van der Waals surface area contributed by atoms with Crippen LogP contribution in [0.25, 0.3) is 10.2 Å². The maximum absolute atomic E-state index is 12.9. The number of rotatable bonds is 6. The number of piperazine rings is 1. The van der Waals surface area contributed by atoms with Crippen molar-refractivity contribution < 1.29 is 13.2 Å². The molecule has 0 spiro atoms. The van der Waals surface area contributed by atoms with Gasteiger partial charge >= 0.3 is 0 Å². The molecule has 0 atom stereocenters. The summed E-state index contributed by atoms with van der Waals surface area (Å²) in [6.07, 6.45) is 0. The van der Waals surface area contributed by atoms with E-state index in [1.54, 1.807) is 23.5 Å². The highest BCUT2D eigenvalue weighted by atomic mass is 32.2. The SMILES string of the molecule is CCN(CC)S(=O)(=O)c1ccc(C(=O)N2CCN(c3nc4ccccc4s3)CC2)cc1. The molecule has 3 aromatic rings. The Labute approximate surface area is 187 Å². The molecule has 1 aliphatic heterocycles. The van der Waals surface area contributed by atoms with Crippen LogP contribution in [0.15, 0.2) is 53.4 Å². The number of para-hydroxylation sites is 1. The van der Waals surface area contributed by atoms with Crippen LogP contribution in [0.4, 0.5) is 5.13 Å². The fourth-order valence-electron chi connectivity index (χ4n) is 3.76. The molecule has 7 nitrogen and oxygen atoms in total. The third-order valence-corrected chi connectivity index (χ3v) is 8.73. The van der Waals surface area contributed by atoms with Gasteiger partial charge in [0.1, 0.15) is 0 Å². The summed E-state index contributed by atoms with van der Waals surface area (Å²) in [5.41, 5.74) is 1.51. The van der Waals surface area contributed by atoms with Gasteiger partial charge in [0.2, 0.25) is 10.0 Å². The molecule has 0 radical (unpaired) electrons. The Morgan fingerprint density at radius 1 is 1.00 bits per heavy atom. The topological polar surface area (TPSA) is 73.8 Å². The van der Waals surface area contributed by atoms with Crippen LogP contribution in [-0.4, -0.2) is 67.8 Å².